The molecular weight excluding hydrogens is 360 g/mol. The number of carbonyl (C=O) groups is 2. The minimum Gasteiger partial charge on any atom is -0.396 e. The van der Waals surface area contributed by atoms with Gasteiger partial charge in [-0.1, -0.05) is 24.3 Å². The fraction of sp³-hybridized carbons (Fsp3) is 0.176. The summed E-state index contributed by atoms with van der Waals surface area (Å²) in [6, 6.07) is 13.9. The molecule has 0 aliphatic carbocycles. The van der Waals surface area contributed by atoms with Gasteiger partial charge in [0.2, 0.25) is 0 Å². The number of aliphatic hydroxyl groups excluding tert-OH is 1. The van der Waals surface area contributed by atoms with Crippen LogP contribution in [0, 0.1) is 0 Å². The van der Waals surface area contributed by atoms with Gasteiger partial charge in [-0.05, 0) is 46.6 Å². The van der Waals surface area contributed by atoms with Crippen LogP contribution in [0.5, 0.6) is 0 Å². The molecule has 5 nitrogen and oxygen atoms in total. The number of hydrogen-bond donors (Lipinski definition) is 3. The molecule has 3 N–H and O–H groups in total. The van der Waals surface area contributed by atoms with Crippen LogP contribution in [0.3, 0.4) is 0 Å². The number of halogens is 1. The fourth-order valence-electron chi connectivity index (χ4n) is 2.00. The maximum atomic E-state index is 12.4. The molecule has 0 bridgehead atoms. The van der Waals surface area contributed by atoms with Crippen LogP contribution < -0.4 is 10.6 Å². The summed E-state index contributed by atoms with van der Waals surface area (Å²) in [6.45, 7) is 0.391. The zero-order valence-electron chi connectivity index (χ0n) is 12.4. The lowest BCUT2D eigenvalue weighted by Crippen LogP contribution is -2.26. The van der Waals surface area contributed by atoms with E-state index in [2.05, 4.69) is 26.6 Å². The highest BCUT2D eigenvalue weighted by molar-refractivity contribution is 9.10. The number of aliphatic hydroxyl groups is 1. The van der Waals surface area contributed by atoms with Crippen LogP contribution in [0.2, 0.25) is 0 Å². The van der Waals surface area contributed by atoms with Crippen LogP contribution in [0.1, 0.15) is 27.1 Å². The second-order valence-electron chi connectivity index (χ2n) is 4.81. The SMILES string of the molecule is O=C(Nc1ccccc1C(=O)NCCCO)c1ccccc1Br. The minimum absolute atomic E-state index is 0.0146. The first kappa shape index (κ1) is 17.2. The summed E-state index contributed by atoms with van der Waals surface area (Å²) < 4.78 is 0.683. The second kappa shape index (κ2) is 8.45. The summed E-state index contributed by atoms with van der Waals surface area (Å²) in [6.07, 6.45) is 0.483. The molecule has 2 amide bonds. The Morgan fingerprint density at radius 2 is 1.61 bits per heavy atom. The Kier molecular flexibility index (Phi) is 6.31. The van der Waals surface area contributed by atoms with E-state index in [-0.39, 0.29) is 18.4 Å². The molecule has 0 saturated heterocycles. The number of benzene rings is 2. The van der Waals surface area contributed by atoms with Gasteiger partial charge in [0.25, 0.3) is 11.8 Å². The number of nitrogens with one attached hydrogen (secondary N) is 2. The standard InChI is InChI=1S/C17H17BrN2O3/c18-14-8-3-1-6-12(14)17(23)20-15-9-4-2-7-13(15)16(22)19-10-5-11-21/h1-4,6-9,21H,5,10-11H2,(H,19,22)(H,20,23). The first-order valence-corrected chi connectivity index (χ1v) is 7.96. The van der Waals surface area contributed by atoms with Crippen molar-refractivity contribution in [3.63, 3.8) is 0 Å². The van der Waals surface area contributed by atoms with E-state index in [1.54, 1.807) is 42.5 Å². The van der Waals surface area contributed by atoms with E-state index in [1.165, 1.54) is 0 Å². The Bertz CT molecular complexity index is 704. The van der Waals surface area contributed by atoms with Gasteiger partial charge in [0, 0.05) is 17.6 Å². The molecule has 0 saturated carbocycles. The lowest BCUT2D eigenvalue weighted by molar-refractivity contribution is 0.0952. The molecule has 0 aliphatic heterocycles. The van der Waals surface area contributed by atoms with Gasteiger partial charge in [0.1, 0.15) is 0 Å². The summed E-state index contributed by atoms with van der Waals surface area (Å²) in [5.41, 5.74) is 1.31. The normalized spacial score (nSPS) is 10.2. The molecule has 6 heteroatoms. The second-order valence-corrected chi connectivity index (χ2v) is 5.67. The minimum atomic E-state index is -0.298. The Morgan fingerprint density at radius 3 is 2.30 bits per heavy atom. The molecule has 23 heavy (non-hydrogen) atoms. The molecule has 0 radical (unpaired) electrons. The molecule has 0 aliphatic rings. The smallest absolute Gasteiger partial charge is 0.256 e. The quantitative estimate of drug-likeness (QED) is 0.678. The molecule has 2 rings (SSSR count). The number of para-hydroxylation sites is 1. The highest BCUT2D eigenvalue weighted by Crippen LogP contribution is 2.20. The van der Waals surface area contributed by atoms with Crippen LogP contribution in [0.4, 0.5) is 5.69 Å². The number of hydrogen-bond acceptors (Lipinski definition) is 3. The average molecular weight is 377 g/mol. The van der Waals surface area contributed by atoms with Gasteiger partial charge in [0.15, 0.2) is 0 Å². The maximum Gasteiger partial charge on any atom is 0.256 e. The van der Waals surface area contributed by atoms with Crippen molar-refractivity contribution in [2.24, 2.45) is 0 Å². The van der Waals surface area contributed by atoms with Crippen molar-refractivity contribution in [3.8, 4) is 0 Å². The highest BCUT2D eigenvalue weighted by Gasteiger charge is 2.15. The molecule has 0 fully saturated rings. The Balaban J connectivity index is 2.16. The van der Waals surface area contributed by atoms with Crippen LogP contribution in [0.25, 0.3) is 0 Å². The Hall–Kier alpha value is -2.18. The van der Waals surface area contributed by atoms with Gasteiger partial charge < -0.3 is 15.7 Å². The Morgan fingerprint density at radius 1 is 0.957 bits per heavy atom. The predicted molar refractivity (Wildman–Crippen MR) is 92.6 cm³/mol. The van der Waals surface area contributed by atoms with E-state index in [0.717, 1.165) is 0 Å². The predicted octanol–water partition coefficient (Wildman–Crippen LogP) is 2.81. The molecule has 0 heterocycles. The van der Waals surface area contributed by atoms with E-state index in [1.807, 2.05) is 6.07 Å². The summed E-state index contributed by atoms with van der Waals surface area (Å²) in [7, 11) is 0. The largest absolute Gasteiger partial charge is 0.396 e. The maximum absolute atomic E-state index is 12.4. The number of rotatable bonds is 6. The van der Waals surface area contributed by atoms with E-state index in [9.17, 15) is 9.59 Å². The highest BCUT2D eigenvalue weighted by atomic mass is 79.9. The van der Waals surface area contributed by atoms with Gasteiger partial charge >= 0.3 is 0 Å². The third kappa shape index (κ3) is 4.64. The van der Waals surface area contributed by atoms with E-state index < -0.39 is 0 Å². The Labute approximate surface area is 142 Å². The van der Waals surface area contributed by atoms with Gasteiger partial charge in [-0.15, -0.1) is 0 Å². The summed E-state index contributed by atoms with van der Waals surface area (Å²) in [5.74, 6) is -0.588. The number of carbonyl (C=O) groups excluding carboxylic acids is 2. The zero-order chi connectivity index (χ0) is 16.7. The van der Waals surface area contributed by atoms with Crippen molar-refractivity contribution in [2.45, 2.75) is 6.42 Å². The van der Waals surface area contributed by atoms with Crippen LogP contribution >= 0.6 is 15.9 Å². The third-order valence-corrected chi connectivity index (χ3v) is 3.85. The van der Waals surface area contributed by atoms with Crippen molar-refractivity contribution < 1.29 is 14.7 Å². The van der Waals surface area contributed by atoms with Gasteiger partial charge in [0.05, 0.1) is 16.8 Å². The molecule has 2 aromatic rings. The zero-order valence-corrected chi connectivity index (χ0v) is 14.0. The average Bonchev–Trinajstić information content (AvgIpc) is 2.55. The fourth-order valence-corrected chi connectivity index (χ4v) is 2.47. The van der Waals surface area contributed by atoms with Crippen molar-refractivity contribution in [1.82, 2.24) is 5.32 Å². The van der Waals surface area contributed by atoms with E-state index in [4.69, 9.17) is 5.11 Å². The summed E-state index contributed by atoms with van der Waals surface area (Å²) >= 11 is 3.34. The molecule has 120 valence electrons. The molecule has 0 aromatic heterocycles. The first-order valence-electron chi connectivity index (χ1n) is 7.17. The lowest BCUT2D eigenvalue weighted by Gasteiger charge is -2.12. The third-order valence-electron chi connectivity index (χ3n) is 3.16. The van der Waals surface area contributed by atoms with Gasteiger partial charge in [-0.3, -0.25) is 9.59 Å². The van der Waals surface area contributed by atoms with Crippen LogP contribution in [-0.4, -0.2) is 30.1 Å². The van der Waals surface area contributed by atoms with Crippen molar-refractivity contribution in [3.05, 3.63) is 64.1 Å². The van der Waals surface area contributed by atoms with Crippen molar-refractivity contribution >= 4 is 33.4 Å². The van der Waals surface area contributed by atoms with Crippen molar-refractivity contribution in [2.75, 3.05) is 18.5 Å². The molecule has 0 spiro atoms. The molecule has 2 aromatic carbocycles. The monoisotopic (exact) mass is 376 g/mol. The van der Waals surface area contributed by atoms with Crippen LogP contribution in [-0.2, 0) is 0 Å². The van der Waals surface area contributed by atoms with Crippen LogP contribution in [0.15, 0.2) is 53.0 Å². The lowest BCUT2D eigenvalue weighted by atomic mass is 10.1. The van der Waals surface area contributed by atoms with Gasteiger partial charge in [-0.2, -0.15) is 0 Å². The molecule has 0 unspecified atom stereocenters. The van der Waals surface area contributed by atoms with E-state index >= 15 is 0 Å². The first-order chi connectivity index (χ1) is 11.1. The summed E-state index contributed by atoms with van der Waals surface area (Å²) in [5, 5.41) is 14.2. The van der Waals surface area contributed by atoms with E-state index in [0.29, 0.717) is 34.3 Å². The number of anilines is 1. The molecule has 0 atom stereocenters. The van der Waals surface area contributed by atoms with Gasteiger partial charge in [-0.25, -0.2) is 0 Å². The molecular formula is C17H17BrN2O3. The number of amides is 2. The topological polar surface area (TPSA) is 78.4 Å². The summed E-state index contributed by atoms with van der Waals surface area (Å²) in [4.78, 5) is 24.5. The van der Waals surface area contributed by atoms with Crippen molar-refractivity contribution in [1.29, 1.82) is 0 Å².